The van der Waals surface area contributed by atoms with Crippen LogP contribution in [0.5, 0.6) is 0 Å². The second-order valence-electron chi connectivity index (χ2n) is 3.83. The van der Waals surface area contributed by atoms with Crippen molar-refractivity contribution in [1.82, 2.24) is 10.6 Å². The molecule has 4 nitrogen and oxygen atoms in total. The van der Waals surface area contributed by atoms with E-state index >= 15 is 0 Å². The van der Waals surface area contributed by atoms with Crippen LogP contribution in [0.15, 0.2) is 0 Å². The molecule has 0 spiro atoms. The van der Waals surface area contributed by atoms with Crippen LogP contribution in [-0.4, -0.2) is 36.2 Å². The first kappa shape index (κ1) is 11.5. The topological polar surface area (TPSA) is 61.4 Å². The zero-order chi connectivity index (χ0) is 10.4. The molecule has 0 aromatic rings. The summed E-state index contributed by atoms with van der Waals surface area (Å²) in [4.78, 5) is 11.3. The Balaban J connectivity index is 2.01. The molecule has 0 saturated heterocycles. The lowest BCUT2D eigenvalue weighted by atomic mass is 10.2. The molecule has 3 N–H and O–H groups in total. The average Bonchev–Trinajstić information content (AvgIpc) is 2.98. The van der Waals surface area contributed by atoms with E-state index in [4.69, 9.17) is 5.11 Å². The largest absolute Gasteiger partial charge is 0.394 e. The Kier molecular flexibility index (Phi) is 4.90. The third kappa shape index (κ3) is 4.58. The number of amides is 1. The minimum absolute atomic E-state index is 0.0261. The van der Waals surface area contributed by atoms with Gasteiger partial charge in [-0.15, -0.1) is 0 Å². The molecule has 0 aromatic carbocycles. The summed E-state index contributed by atoms with van der Waals surface area (Å²) >= 11 is 0. The Hall–Kier alpha value is -0.610. The van der Waals surface area contributed by atoms with E-state index in [1.807, 2.05) is 6.92 Å². The molecule has 0 unspecified atom stereocenters. The number of carbonyl (C=O) groups excluding carboxylic acids is 1. The number of carbonyl (C=O) groups is 1. The normalized spacial score (nSPS) is 17.9. The maximum absolute atomic E-state index is 11.3. The number of nitrogens with one attached hydrogen (secondary N) is 2. The van der Waals surface area contributed by atoms with Crippen molar-refractivity contribution in [1.29, 1.82) is 0 Å². The van der Waals surface area contributed by atoms with Crippen molar-refractivity contribution in [3.05, 3.63) is 0 Å². The molecular weight excluding hydrogens is 180 g/mol. The third-order valence-electron chi connectivity index (χ3n) is 2.44. The SMILES string of the molecule is CC[C@@H](CO)NC(=O)CCNC1CC1. The van der Waals surface area contributed by atoms with Gasteiger partial charge in [-0.3, -0.25) is 4.79 Å². The van der Waals surface area contributed by atoms with Gasteiger partial charge in [0, 0.05) is 19.0 Å². The highest BCUT2D eigenvalue weighted by Gasteiger charge is 2.20. The molecule has 0 aliphatic heterocycles. The van der Waals surface area contributed by atoms with Crippen molar-refractivity contribution in [3.63, 3.8) is 0 Å². The zero-order valence-corrected chi connectivity index (χ0v) is 8.75. The number of hydrogen-bond donors (Lipinski definition) is 3. The first-order valence-corrected chi connectivity index (χ1v) is 5.39. The molecule has 1 saturated carbocycles. The predicted octanol–water partition coefficient (Wildman–Crippen LogP) is 0.0156. The number of rotatable bonds is 7. The number of aliphatic hydroxyl groups excluding tert-OH is 1. The van der Waals surface area contributed by atoms with E-state index in [1.165, 1.54) is 12.8 Å². The predicted molar refractivity (Wildman–Crippen MR) is 54.9 cm³/mol. The zero-order valence-electron chi connectivity index (χ0n) is 8.75. The lowest BCUT2D eigenvalue weighted by Crippen LogP contribution is -2.38. The molecule has 1 aliphatic rings. The Morgan fingerprint density at radius 1 is 1.57 bits per heavy atom. The molecule has 0 heterocycles. The van der Waals surface area contributed by atoms with Crippen molar-refractivity contribution in [2.75, 3.05) is 13.2 Å². The second kappa shape index (κ2) is 5.98. The summed E-state index contributed by atoms with van der Waals surface area (Å²) in [6, 6.07) is 0.575. The Bertz CT molecular complexity index is 177. The first-order valence-electron chi connectivity index (χ1n) is 5.39. The summed E-state index contributed by atoms with van der Waals surface area (Å²) in [5, 5.41) is 14.9. The van der Waals surface area contributed by atoms with Crippen molar-refractivity contribution >= 4 is 5.91 Å². The minimum Gasteiger partial charge on any atom is -0.394 e. The van der Waals surface area contributed by atoms with Crippen molar-refractivity contribution in [2.24, 2.45) is 0 Å². The highest BCUT2D eigenvalue weighted by Crippen LogP contribution is 2.18. The maximum Gasteiger partial charge on any atom is 0.221 e. The van der Waals surface area contributed by atoms with Gasteiger partial charge in [0.25, 0.3) is 0 Å². The van der Waals surface area contributed by atoms with Gasteiger partial charge in [0.15, 0.2) is 0 Å². The Morgan fingerprint density at radius 3 is 2.79 bits per heavy atom. The molecule has 0 bridgehead atoms. The van der Waals surface area contributed by atoms with E-state index in [0.29, 0.717) is 12.5 Å². The fourth-order valence-electron chi connectivity index (χ4n) is 1.25. The smallest absolute Gasteiger partial charge is 0.221 e. The van der Waals surface area contributed by atoms with Gasteiger partial charge in [0.2, 0.25) is 5.91 Å². The Morgan fingerprint density at radius 2 is 2.29 bits per heavy atom. The summed E-state index contributed by atoms with van der Waals surface area (Å²) < 4.78 is 0. The molecule has 1 aliphatic carbocycles. The van der Waals surface area contributed by atoms with Crippen LogP contribution in [0.25, 0.3) is 0 Å². The molecule has 0 radical (unpaired) electrons. The second-order valence-corrected chi connectivity index (χ2v) is 3.83. The summed E-state index contributed by atoms with van der Waals surface area (Å²) in [7, 11) is 0. The van der Waals surface area contributed by atoms with E-state index in [0.717, 1.165) is 13.0 Å². The van der Waals surface area contributed by atoms with Crippen LogP contribution in [0.3, 0.4) is 0 Å². The maximum atomic E-state index is 11.3. The van der Waals surface area contributed by atoms with Gasteiger partial charge < -0.3 is 15.7 Å². The molecule has 4 heteroatoms. The molecule has 14 heavy (non-hydrogen) atoms. The van der Waals surface area contributed by atoms with Gasteiger partial charge in [-0.05, 0) is 19.3 Å². The quantitative estimate of drug-likeness (QED) is 0.543. The van der Waals surface area contributed by atoms with Gasteiger partial charge in [0.05, 0.1) is 12.6 Å². The van der Waals surface area contributed by atoms with Crippen molar-refractivity contribution in [2.45, 2.75) is 44.7 Å². The summed E-state index contributed by atoms with van der Waals surface area (Å²) in [6.07, 6.45) is 3.77. The summed E-state index contributed by atoms with van der Waals surface area (Å²) in [6.45, 7) is 2.72. The third-order valence-corrected chi connectivity index (χ3v) is 2.44. The Labute approximate surface area is 85.1 Å². The fraction of sp³-hybridized carbons (Fsp3) is 0.900. The monoisotopic (exact) mass is 200 g/mol. The number of hydrogen-bond acceptors (Lipinski definition) is 3. The van der Waals surface area contributed by atoms with Crippen LogP contribution in [0.2, 0.25) is 0 Å². The summed E-state index contributed by atoms with van der Waals surface area (Å²) in [5.74, 6) is 0.0269. The van der Waals surface area contributed by atoms with Crippen LogP contribution in [0, 0.1) is 0 Å². The van der Waals surface area contributed by atoms with Crippen LogP contribution in [0.1, 0.15) is 32.6 Å². The van der Waals surface area contributed by atoms with Crippen LogP contribution in [0.4, 0.5) is 0 Å². The van der Waals surface area contributed by atoms with Crippen LogP contribution < -0.4 is 10.6 Å². The van der Waals surface area contributed by atoms with Gasteiger partial charge in [-0.1, -0.05) is 6.92 Å². The van der Waals surface area contributed by atoms with Crippen molar-refractivity contribution < 1.29 is 9.90 Å². The van der Waals surface area contributed by atoms with E-state index < -0.39 is 0 Å². The van der Waals surface area contributed by atoms with E-state index in [-0.39, 0.29) is 18.6 Å². The lowest BCUT2D eigenvalue weighted by Gasteiger charge is -2.13. The van der Waals surface area contributed by atoms with Crippen LogP contribution in [-0.2, 0) is 4.79 Å². The minimum atomic E-state index is -0.0802. The fourth-order valence-corrected chi connectivity index (χ4v) is 1.25. The molecular formula is C10H20N2O2. The van der Waals surface area contributed by atoms with E-state index in [1.54, 1.807) is 0 Å². The van der Waals surface area contributed by atoms with E-state index in [9.17, 15) is 4.79 Å². The summed E-state index contributed by atoms with van der Waals surface area (Å²) in [5.41, 5.74) is 0. The number of aliphatic hydroxyl groups is 1. The van der Waals surface area contributed by atoms with Gasteiger partial charge in [0.1, 0.15) is 0 Å². The lowest BCUT2D eigenvalue weighted by molar-refractivity contribution is -0.122. The standard InChI is InChI=1S/C10H20N2O2/c1-2-8(7-13)12-10(14)5-6-11-9-3-4-9/h8-9,11,13H,2-7H2,1H3,(H,12,14)/t8-/m0/s1. The molecule has 0 aromatic heterocycles. The molecule has 1 rings (SSSR count). The first-order chi connectivity index (χ1) is 6.76. The molecule has 1 atom stereocenters. The van der Waals surface area contributed by atoms with Gasteiger partial charge in [-0.25, -0.2) is 0 Å². The van der Waals surface area contributed by atoms with Gasteiger partial charge >= 0.3 is 0 Å². The molecule has 1 amide bonds. The molecule has 1 fully saturated rings. The highest BCUT2D eigenvalue weighted by atomic mass is 16.3. The van der Waals surface area contributed by atoms with Crippen molar-refractivity contribution in [3.8, 4) is 0 Å². The molecule has 82 valence electrons. The highest BCUT2D eigenvalue weighted by molar-refractivity contribution is 5.76. The van der Waals surface area contributed by atoms with Crippen LogP contribution >= 0.6 is 0 Å². The van der Waals surface area contributed by atoms with Gasteiger partial charge in [-0.2, -0.15) is 0 Å². The average molecular weight is 200 g/mol. The van der Waals surface area contributed by atoms with E-state index in [2.05, 4.69) is 10.6 Å².